The predicted molar refractivity (Wildman–Crippen MR) is 55.4 cm³/mol. The van der Waals surface area contributed by atoms with Gasteiger partial charge in [-0.15, -0.1) is 0 Å². The molecule has 0 unspecified atom stereocenters. The number of nitrogens with one attached hydrogen (secondary N) is 1. The van der Waals surface area contributed by atoms with Gasteiger partial charge in [0.25, 0.3) is 0 Å². The standard InChI is InChI=1S/C10H14ClNO/c1-3-12-7-8-4-5-9(11)6-10(8)13-2/h4-6,12H,3,7H2,1-2H3. The second-order valence-electron chi connectivity index (χ2n) is 2.74. The van der Waals surface area contributed by atoms with Gasteiger partial charge in [0.05, 0.1) is 7.11 Å². The Morgan fingerprint density at radius 1 is 1.46 bits per heavy atom. The SMILES string of the molecule is CCNCc1ccc(Cl)cc1OC. The lowest BCUT2D eigenvalue weighted by Crippen LogP contribution is -2.12. The van der Waals surface area contributed by atoms with Crippen LogP contribution in [0, 0.1) is 0 Å². The van der Waals surface area contributed by atoms with Crippen LogP contribution in [0.2, 0.25) is 5.02 Å². The number of rotatable bonds is 4. The van der Waals surface area contributed by atoms with Crippen molar-refractivity contribution in [1.82, 2.24) is 5.32 Å². The number of benzene rings is 1. The summed E-state index contributed by atoms with van der Waals surface area (Å²) in [5.41, 5.74) is 1.13. The molecule has 1 rings (SSSR count). The van der Waals surface area contributed by atoms with Crippen molar-refractivity contribution in [3.8, 4) is 5.75 Å². The summed E-state index contributed by atoms with van der Waals surface area (Å²) in [6.45, 7) is 3.84. The second-order valence-corrected chi connectivity index (χ2v) is 3.17. The van der Waals surface area contributed by atoms with Crippen LogP contribution >= 0.6 is 11.6 Å². The van der Waals surface area contributed by atoms with E-state index in [1.165, 1.54) is 0 Å². The molecule has 2 nitrogen and oxygen atoms in total. The third-order valence-electron chi connectivity index (χ3n) is 1.81. The Balaban J connectivity index is 2.79. The highest BCUT2D eigenvalue weighted by Crippen LogP contribution is 2.22. The first-order valence-electron chi connectivity index (χ1n) is 4.31. The molecule has 0 saturated heterocycles. The molecule has 0 aromatic heterocycles. The van der Waals surface area contributed by atoms with E-state index in [0.717, 1.165) is 24.4 Å². The van der Waals surface area contributed by atoms with Crippen LogP contribution in [-0.4, -0.2) is 13.7 Å². The third kappa shape index (κ3) is 2.90. The van der Waals surface area contributed by atoms with Crippen LogP contribution in [0.1, 0.15) is 12.5 Å². The molecule has 0 fully saturated rings. The molecule has 1 aromatic carbocycles. The fraction of sp³-hybridized carbons (Fsp3) is 0.400. The van der Waals surface area contributed by atoms with Gasteiger partial charge in [-0.25, -0.2) is 0 Å². The molecule has 1 aromatic rings. The van der Waals surface area contributed by atoms with Gasteiger partial charge in [0.1, 0.15) is 5.75 Å². The lowest BCUT2D eigenvalue weighted by atomic mass is 10.2. The van der Waals surface area contributed by atoms with Gasteiger partial charge in [-0.05, 0) is 18.7 Å². The van der Waals surface area contributed by atoms with Crippen molar-refractivity contribution < 1.29 is 4.74 Å². The molecule has 0 radical (unpaired) electrons. The summed E-state index contributed by atoms with van der Waals surface area (Å²) in [4.78, 5) is 0. The maximum atomic E-state index is 5.83. The van der Waals surface area contributed by atoms with Crippen molar-refractivity contribution in [2.45, 2.75) is 13.5 Å². The molecule has 13 heavy (non-hydrogen) atoms. The lowest BCUT2D eigenvalue weighted by Gasteiger charge is -2.08. The van der Waals surface area contributed by atoms with Crippen molar-refractivity contribution in [1.29, 1.82) is 0 Å². The van der Waals surface area contributed by atoms with Crippen molar-refractivity contribution >= 4 is 11.6 Å². The Morgan fingerprint density at radius 2 is 2.23 bits per heavy atom. The van der Waals surface area contributed by atoms with Crippen LogP contribution in [0.5, 0.6) is 5.75 Å². The van der Waals surface area contributed by atoms with E-state index in [-0.39, 0.29) is 0 Å². The zero-order valence-corrected chi connectivity index (χ0v) is 8.69. The normalized spacial score (nSPS) is 10.1. The van der Waals surface area contributed by atoms with Gasteiger partial charge in [-0.2, -0.15) is 0 Å². The van der Waals surface area contributed by atoms with Crippen LogP contribution in [0.15, 0.2) is 18.2 Å². The number of hydrogen-bond acceptors (Lipinski definition) is 2. The van der Waals surface area contributed by atoms with Gasteiger partial charge < -0.3 is 10.1 Å². The third-order valence-corrected chi connectivity index (χ3v) is 2.05. The Kier molecular flexibility index (Phi) is 4.06. The first kappa shape index (κ1) is 10.4. The number of halogens is 1. The molecule has 72 valence electrons. The molecule has 1 N–H and O–H groups in total. The molecule has 0 bridgehead atoms. The van der Waals surface area contributed by atoms with Gasteiger partial charge in [-0.1, -0.05) is 24.6 Å². The summed E-state index contributed by atoms with van der Waals surface area (Å²) in [5.74, 6) is 0.841. The van der Waals surface area contributed by atoms with E-state index < -0.39 is 0 Å². The lowest BCUT2D eigenvalue weighted by molar-refractivity contribution is 0.408. The molecule has 0 atom stereocenters. The molecule has 0 heterocycles. The maximum Gasteiger partial charge on any atom is 0.124 e. The van der Waals surface area contributed by atoms with Crippen molar-refractivity contribution in [2.75, 3.05) is 13.7 Å². The topological polar surface area (TPSA) is 21.3 Å². The van der Waals surface area contributed by atoms with Gasteiger partial charge in [-0.3, -0.25) is 0 Å². The molecule has 0 aliphatic rings. The second kappa shape index (κ2) is 5.10. The van der Waals surface area contributed by atoms with Gasteiger partial charge >= 0.3 is 0 Å². The first-order chi connectivity index (χ1) is 6.27. The van der Waals surface area contributed by atoms with Crippen molar-refractivity contribution in [3.05, 3.63) is 28.8 Å². The van der Waals surface area contributed by atoms with Crippen LogP contribution in [-0.2, 0) is 6.54 Å². The minimum atomic E-state index is 0.706. The zero-order chi connectivity index (χ0) is 9.68. The summed E-state index contributed by atoms with van der Waals surface area (Å²) in [6, 6.07) is 5.68. The highest BCUT2D eigenvalue weighted by atomic mass is 35.5. The van der Waals surface area contributed by atoms with Crippen LogP contribution in [0.4, 0.5) is 0 Å². The highest BCUT2D eigenvalue weighted by Gasteiger charge is 2.01. The van der Waals surface area contributed by atoms with Crippen LogP contribution in [0.3, 0.4) is 0 Å². The summed E-state index contributed by atoms with van der Waals surface area (Å²) in [5, 5.41) is 3.94. The summed E-state index contributed by atoms with van der Waals surface area (Å²) in [6.07, 6.45) is 0. The van der Waals surface area contributed by atoms with Crippen LogP contribution in [0.25, 0.3) is 0 Å². The van der Waals surface area contributed by atoms with E-state index in [2.05, 4.69) is 12.2 Å². The monoisotopic (exact) mass is 199 g/mol. The van der Waals surface area contributed by atoms with E-state index in [1.54, 1.807) is 7.11 Å². The minimum absolute atomic E-state index is 0.706. The largest absolute Gasteiger partial charge is 0.496 e. The highest BCUT2D eigenvalue weighted by molar-refractivity contribution is 6.30. The molecule has 0 saturated carbocycles. The van der Waals surface area contributed by atoms with E-state index in [0.29, 0.717) is 5.02 Å². The molecule has 3 heteroatoms. The number of ether oxygens (including phenoxy) is 1. The van der Waals surface area contributed by atoms with Gasteiger partial charge in [0.2, 0.25) is 0 Å². The summed E-state index contributed by atoms with van der Waals surface area (Å²) in [7, 11) is 1.65. The molecule has 0 aliphatic heterocycles. The van der Waals surface area contributed by atoms with Gasteiger partial charge in [0.15, 0.2) is 0 Å². The fourth-order valence-electron chi connectivity index (χ4n) is 1.12. The van der Waals surface area contributed by atoms with E-state index >= 15 is 0 Å². The molecule has 0 spiro atoms. The average Bonchev–Trinajstić information content (AvgIpc) is 2.16. The molecule has 0 aliphatic carbocycles. The van der Waals surface area contributed by atoms with Crippen molar-refractivity contribution in [2.24, 2.45) is 0 Å². The smallest absolute Gasteiger partial charge is 0.124 e. The molecule has 0 amide bonds. The molecular formula is C10H14ClNO. The first-order valence-corrected chi connectivity index (χ1v) is 4.69. The van der Waals surface area contributed by atoms with E-state index in [1.807, 2.05) is 18.2 Å². The maximum absolute atomic E-state index is 5.83. The Morgan fingerprint density at radius 3 is 2.85 bits per heavy atom. The fourth-order valence-corrected chi connectivity index (χ4v) is 1.29. The van der Waals surface area contributed by atoms with E-state index in [9.17, 15) is 0 Å². The van der Waals surface area contributed by atoms with Gasteiger partial charge in [0, 0.05) is 17.1 Å². The number of hydrogen-bond donors (Lipinski definition) is 1. The minimum Gasteiger partial charge on any atom is -0.496 e. The summed E-state index contributed by atoms with van der Waals surface area (Å²) >= 11 is 5.83. The predicted octanol–water partition coefficient (Wildman–Crippen LogP) is 2.46. The van der Waals surface area contributed by atoms with E-state index in [4.69, 9.17) is 16.3 Å². The summed E-state index contributed by atoms with van der Waals surface area (Å²) < 4.78 is 5.20. The average molecular weight is 200 g/mol. The van der Waals surface area contributed by atoms with Crippen LogP contribution < -0.4 is 10.1 Å². The van der Waals surface area contributed by atoms with Crippen molar-refractivity contribution in [3.63, 3.8) is 0 Å². The number of methoxy groups -OCH3 is 1. The Bertz CT molecular complexity index is 276. The quantitative estimate of drug-likeness (QED) is 0.805. The zero-order valence-electron chi connectivity index (χ0n) is 7.93. The molecular weight excluding hydrogens is 186 g/mol. The Hall–Kier alpha value is -0.730. The Labute approximate surface area is 83.9 Å².